The fourth-order valence-corrected chi connectivity index (χ4v) is 3.64. The van der Waals surface area contributed by atoms with Crippen LogP contribution in [0.4, 0.5) is 0 Å². The molecule has 0 aliphatic carbocycles. The summed E-state index contributed by atoms with van der Waals surface area (Å²) < 4.78 is 2.22. The van der Waals surface area contributed by atoms with E-state index in [0.29, 0.717) is 23.8 Å². The maximum atomic E-state index is 13.0. The summed E-state index contributed by atoms with van der Waals surface area (Å²) >= 11 is 0. The third kappa shape index (κ3) is 2.79. The molecular weight excluding hydrogens is 316 g/mol. The lowest BCUT2D eigenvalue weighted by Crippen LogP contribution is -2.41. The van der Waals surface area contributed by atoms with E-state index in [1.165, 1.54) is 0 Å². The van der Waals surface area contributed by atoms with Crippen LogP contribution in [0.15, 0.2) is 24.7 Å². The first-order chi connectivity index (χ1) is 12.2. The average Bonchev–Trinajstić information content (AvgIpc) is 3.28. The number of fused-ring (bicyclic) bond motifs is 1. The summed E-state index contributed by atoms with van der Waals surface area (Å²) in [7, 11) is 0. The Morgan fingerprint density at radius 2 is 2.28 bits per heavy atom. The molecule has 0 bridgehead atoms. The second-order valence-electron chi connectivity index (χ2n) is 6.60. The van der Waals surface area contributed by atoms with Crippen LogP contribution >= 0.6 is 0 Å². The van der Waals surface area contributed by atoms with Gasteiger partial charge < -0.3 is 9.47 Å². The van der Waals surface area contributed by atoms with Crippen LogP contribution in [-0.4, -0.2) is 48.6 Å². The Morgan fingerprint density at radius 1 is 1.40 bits per heavy atom. The van der Waals surface area contributed by atoms with Gasteiger partial charge in [0.15, 0.2) is 5.65 Å². The monoisotopic (exact) mass is 338 g/mol. The number of pyridine rings is 1. The Morgan fingerprint density at radius 3 is 3.12 bits per heavy atom. The molecule has 1 N–H and O–H groups in total. The standard InChI is InChI=1S/C18H22N6O/c1-3-16-19-6-8-24(16)14-5-4-7-23(11-14)18(25)13-9-15-12(2)21-22-17(15)20-10-13/h6,8-10,14H,3-5,7,11H2,1-2H3,(H,20,21,22)/t14-/m1/s1. The van der Waals surface area contributed by atoms with Crippen LogP contribution in [0, 0.1) is 6.92 Å². The first-order valence-corrected chi connectivity index (χ1v) is 8.79. The molecule has 4 heterocycles. The zero-order valence-electron chi connectivity index (χ0n) is 14.6. The van der Waals surface area contributed by atoms with Crippen LogP contribution < -0.4 is 0 Å². The van der Waals surface area contributed by atoms with E-state index in [4.69, 9.17) is 0 Å². The second-order valence-corrected chi connectivity index (χ2v) is 6.60. The van der Waals surface area contributed by atoms with Crippen LogP contribution in [0.1, 0.15) is 47.7 Å². The van der Waals surface area contributed by atoms with Crippen molar-refractivity contribution in [2.45, 2.75) is 39.2 Å². The fourth-order valence-electron chi connectivity index (χ4n) is 3.64. The number of carbonyl (C=O) groups excluding carboxylic acids is 1. The smallest absolute Gasteiger partial charge is 0.255 e. The highest BCUT2D eigenvalue weighted by Gasteiger charge is 2.26. The van der Waals surface area contributed by atoms with Crippen molar-refractivity contribution in [3.8, 4) is 0 Å². The van der Waals surface area contributed by atoms with Gasteiger partial charge in [-0.05, 0) is 25.8 Å². The lowest BCUT2D eigenvalue weighted by Gasteiger charge is -2.34. The Labute approximate surface area is 146 Å². The molecular formula is C18H22N6O. The minimum Gasteiger partial charge on any atom is -0.337 e. The van der Waals surface area contributed by atoms with Gasteiger partial charge >= 0.3 is 0 Å². The summed E-state index contributed by atoms with van der Waals surface area (Å²) in [6.45, 7) is 5.55. The molecule has 7 nitrogen and oxygen atoms in total. The molecule has 130 valence electrons. The van der Waals surface area contributed by atoms with E-state index in [-0.39, 0.29) is 5.91 Å². The molecule has 0 aromatic carbocycles. The van der Waals surface area contributed by atoms with Gasteiger partial charge in [-0.25, -0.2) is 9.97 Å². The topological polar surface area (TPSA) is 79.7 Å². The number of imidazole rings is 1. The number of H-pyrrole nitrogens is 1. The third-order valence-electron chi connectivity index (χ3n) is 4.99. The van der Waals surface area contributed by atoms with E-state index in [0.717, 1.165) is 42.7 Å². The van der Waals surface area contributed by atoms with Crippen molar-refractivity contribution in [2.24, 2.45) is 0 Å². The van der Waals surface area contributed by atoms with Gasteiger partial charge in [0.05, 0.1) is 11.6 Å². The maximum absolute atomic E-state index is 13.0. The molecule has 0 spiro atoms. The van der Waals surface area contributed by atoms with Crippen molar-refractivity contribution in [1.82, 2.24) is 29.6 Å². The van der Waals surface area contributed by atoms with E-state index < -0.39 is 0 Å². The molecule has 1 atom stereocenters. The van der Waals surface area contributed by atoms with Gasteiger partial charge in [-0.15, -0.1) is 0 Å². The van der Waals surface area contributed by atoms with Crippen molar-refractivity contribution < 1.29 is 4.79 Å². The SMILES string of the molecule is CCc1nccn1[C@@H]1CCCN(C(=O)c2cnc3n[nH]c(C)c3c2)C1. The largest absolute Gasteiger partial charge is 0.337 e. The van der Waals surface area contributed by atoms with Crippen molar-refractivity contribution in [3.05, 3.63) is 41.7 Å². The summed E-state index contributed by atoms with van der Waals surface area (Å²) in [5.74, 6) is 1.12. The number of hydrogen-bond donors (Lipinski definition) is 1. The Kier molecular flexibility index (Phi) is 3.99. The Balaban J connectivity index is 1.57. The quantitative estimate of drug-likeness (QED) is 0.796. The van der Waals surface area contributed by atoms with Gasteiger partial charge in [0, 0.05) is 49.2 Å². The molecule has 1 aliphatic rings. The molecule has 1 fully saturated rings. The molecule has 3 aromatic heterocycles. The van der Waals surface area contributed by atoms with Crippen molar-refractivity contribution >= 4 is 16.9 Å². The fraction of sp³-hybridized carbons (Fsp3) is 0.444. The van der Waals surface area contributed by atoms with Crippen LogP contribution in [0.2, 0.25) is 0 Å². The molecule has 1 amide bonds. The lowest BCUT2D eigenvalue weighted by molar-refractivity contribution is 0.0677. The normalized spacial score (nSPS) is 18.0. The predicted octanol–water partition coefficient (Wildman–Crippen LogP) is 2.50. The number of hydrogen-bond acceptors (Lipinski definition) is 4. The van der Waals surface area contributed by atoms with Crippen LogP contribution in [-0.2, 0) is 6.42 Å². The number of aromatic amines is 1. The lowest BCUT2D eigenvalue weighted by atomic mass is 10.0. The van der Waals surface area contributed by atoms with Crippen molar-refractivity contribution in [1.29, 1.82) is 0 Å². The number of piperidine rings is 1. The molecule has 7 heteroatoms. The van der Waals surface area contributed by atoms with E-state index >= 15 is 0 Å². The van der Waals surface area contributed by atoms with Gasteiger partial charge in [-0.3, -0.25) is 9.89 Å². The summed E-state index contributed by atoms with van der Waals surface area (Å²) in [5.41, 5.74) is 2.20. The number of nitrogens with zero attached hydrogens (tertiary/aromatic N) is 5. The minimum absolute atomic E-state index is 0.0397. The molecule has 1 saturated heterocycles. The summed E-state index contributed by atoms with van der Waals surface area (Å²) in [5, 5.41) is 7.94. The Bertz CT molecular complexity index is 911. The van der Waals surface area contributed by atoms with E-state index in [2.05, 4.69) is 31.7 Å². The van der Waals surface area contributed by atoms with Crippen LogP contribution in [0.3, 0.4) is 0 Å². The zero-order valence-corrected chi connectivity index (χ0v) is 14.6. The van der Waals surface area contributed by atoms with E-state index in [9.17, 15) is 4.79 Å². The van der Waals surface area contributed by atoms with Crippen LogP contribution in [0.5, 0.6) is 0 Å². The third-order valence-corrected chi connectivity index (χ3v) is 4.99. The van der Waals surface area contributed by atoms with E-state index in [1.807, 2.05) is 30.3 Å². The molecule has 0 radical (unpaired) electrons. The van der Waals surface area contributed by atoms with Crippen LogP contribution in [0.25, 0.3) is 11.0 Å². The molecule has 25 heavy (non-hydrogen) atoms. The van der Waals surface area contributed by atoms with Gasteiger partial charge in [-0.1, -0.05) is 6.92 Å². The summed E-state index contributed by atoms with van der Waals surface area (Å²) in [4.78, 5) is 23.6. The first-order valence-electron chi connectivity index (χ1n) is 8.79. The molecule has 0 saturated carbocycles. The van der Waals surface area contributed by atoms with Gasteiger partial charge in [-0.2, -0.15) is 5.10 Å². The number of aromatic nitrogens is 5. The number of nitrogens with one attached hydrogen (secondary N) is 1. The van der Waals surface area contributed by atoms with Gasteiger partial charge in [0.1, 0.15) is 5.82 Å². The average molecular weight is 338 g/mol. The van der Waals surface area contributed by atoms with Gasteiger partial charge in [0.2, 0.25) is 0 Å². The highest BCUT2D eigenvalue weighted by Crippen LogP contribution is 2.25. The number of aryl methyl sites for hydroxylation is 2. The predicted molar refractivity (Wildman–Crippen MR) is 94.4 cm³/mol. The number of rotatable bonds is 3. The zero-order chi connectivity index (χ0) is 17.4. The maximum Gasteiger partial charge on any atom is 0.255 e. The van der Waals surface area contributed by atoms with Crippen molar-refractivity contribution in [2.75, 3.05) is 13.1 Å². The Hall–Kier alpha value is -2.70. The molecule has 4 rings (SSSR count). The first kappa shape index (κ1) is 15.8. The highest BCUT2D eigenvalue weighted by atomic mass is 16.2. The molecule has 3 aromatic rings. The molecule has 1 aliphatic heterocycles. The second kappa shape index (κ2) is 6.31. The number of carbonyl (C=O) groups is 1. The number of amides is 1. The highest BCUT2D eigenvalue weighted by molar-refractivity contribution is 5.97. The number of likely N-dealkylation sites (tertiary alicyclic amines) is 1. The minimum atomic E-state index is 0.0397. The summed E-state index contributed by atoms with van der Waals surface area (Å²) in [6.07, 6.45) is 8.48. The van der Waals surface area contributed by atoms with Gasteiger partial charge in [0.25, 0.3) is 5.91 Å². The summed E-state index contributed by atoms with van der Waals surface area (Å²) in [6, 6.07) is 2.18. The molecule has 0 unspecified atom stereocenters. The van der Waals surface area contributed by atoms with E-state index in [1.54, 1.807) is 6.20 Å². The van der Waals surface area contributed by atoms with Crippen molar-refractivity contribution in [3.63, 3.8) is 0 Å².